The largest absolute Gasteiger partial charge is 0.352 e. The monoisotopic (exact) mass is 530 g/mol. The standard InChI is InChI=1S/C30H34N4O3S/c1-2-15-33-30(35)25-12-10-23(11-13-25)7-6-16-31-18-19-34-38(36,37)29-21-26(24-8-4-3-5-9-24)20-27-22-32-17-14-28(27)29/h3-5,8-14,17,20-22,31,34H,2,6-7,15-16,18-19H2,1H3,(H,33,35). The molecule has 0 unspecified atom stereocenters. The fourth-order valence-corrected chi connectivity index (χ4v) is 5.54. The van der Waals surface area contributed by atoms with Crippen LogP contribution in [-0.4, -0.2) is 45.5 Å². The predicted molar refractivity (Wildman–Crippen MR) is 153 cm³/mol. The van der Waals surface area contributed by atoms with Crippen molar-refractivity contribution in [3.05, 3.63) is 96.3 Å². The lowest BCUT2D eigenvalue weighted by Gasteiger charge is -2.13. The van der Waals surface area contributed by atoms with Gasteiger partial charge in [-0.15, -0.1) is 0 Å². The van der Waals surface area contributed by atoms with Gasteiger partial charge >= 0.3 is 0 Å². The van der Waals surface area contributed by atoms with Gasteiger partial charge in [-0.3, -0.25) is 9.78 Å². The maximum Gasteiger partial charge on any atom is 0.251 e. The lowest BCUT2D eigenvalue weighted by atomic mass is 10.0. The number of carbonyl (C=O) groups is 1. The maximum absolute atomic E-state index is 13.2. The van der Waals surface area contributed by atoms with E-state index in [1.54, 1.807) is 24.5 Å². The van der Waals surface area contributed by atoms with Gasteiger partial charge in [0.25, 0.3) is 5.91 Å². The third-order valence-electron chi connectivity index (χ3n) is 6.28. The van der Waals surface area contributed by atoms with Crippen LogP contribution in [0.2, 0.25) is 0 Å². The molecule has 7 nitrogen and oxygen atoms in total. The first-order valence-electron chi connectivity index (χ1n) is 13.0. The van der Waals surface area contributed by atoms with E-state index in [1.807, 2.05) is 67.6 Å². The number of fused-ring (bicyclic) bond motifs is 1. The summed E-state index contributed by atoms with van der Waals surface area (Å²) in [6.07, 6.45) is 6.00. The van der Waals surface area contributed by atoms with Crippen molar-refractivity contribution >= 4 is 26.7 Å². The molecule has 0 radical (unpaired) electrons. The van der Waals surface area contributed by atoms with E-state index in [0.717, 1.165) is 42.3 Å². The third-order valence-corrected chi connectivity index (χ3v) is 7.78. The third kappa shape index (κ3) is 7.25. The Labute approximate surface area is 224 Å². The summed E-state index contributed by atoms with van der Waals surface area (Å²) in [6.45, 7) is 4.27. The zero-order valence-corrected chi connectivity index (χ0v) is 22.4. The number of hydrogen-bond donors (Lipinski definition) is 3. The van der Waals surface area contributed by atoms with Crippen LogP contribution in [0.25, 0.3) is 21.9 Å². The molecule has 3 aromatic carbocycles. The quantitative estimate of drug-likeness (QED) is 0.220. The van der Waals surface area contributed by atoms with Crippen LogP contribution in [0.1, 0.15) is 35.7 Å². The number of rotatable bonds is 13. The summed E-state index contributed by atoms with van der Waals surface area (Å²) in [7, 11) is -3.72. The number of hydrogen-bond acceptors (Lipinski definition) is 5. The minimum absolute atomic E-state index is 0.0426. The first-order valence-corrected chi connectivity index (χ1v) is 14.5. The minimum Gasteiger partial charge on any atom is -0.352 e. The summed E-state index contributed by atoms with van der Waals surface area (Å²) in [5.41, 5.74) is 3.62. The molecule has 8 heteroatoms. The molecular formula is C30H34N4O3S. The number of nitrogens with zero attached hydrogens (tertiary/aromatic N) is 1. The van der Waals surface area contributed by atoms with E-state index in [1.165, 1.54) is 5.56 Å². The zero-order valence-electron chi connectivity index (χ0n) is 21.6. The van der Waals surface area contributed by atoms with Crippen LogP contribution in [0, 0.1) is 0 Å². The van der Waals surface area contributed by atoms with Crippen molar-refractivity contribution in [3.8, 4) is 11.1 Å². The summed E-state index contributed by atoms with van der Waals surface area (Å²) in [5, 5.41) is 7.61. The van der Waals surface area contributed by atoms with Gasteiger partial charge in [-0.1, -0.05) is 49.4 Å². The minimum atomic E-state index is -3.72. The molecular weight excluding hydrogens is 496 g/mol. The van der Waals surface area contributed by atoms with Crippen molar-refractivity contribution < 1.29 is 13.2 Å². The van der Waals surface area contributed by atoms with Crippen LogP contribution >= 0.6 is 0 Å². The molecule has 0 aliphatic carbocycles. The van der Waals surface area contributed by atoms with Gasteiger partial charge in [0, 0.05) is 48.4 Å². The number of aromatic nitrogens is 1. The molecule has 3 N–H and O–H groups in total. The first-order chi connectivity index (χ1) is 18.5. The van der Waals surface area contributed by atoms with Gasteiger partial charge in [0.2, 0.25) is 10.0 Å². The molecule has 0 fully saturated rings. The number of sulfonamides is 1. The highest BCUT2D eigenvalue weighted by atomic mass is 32.2. The molecule has 0 atom stereocenters. The van der Waals surface area contributed by atoms with E-state index in [9.17, 15) is 13.2 Å². The van der Waals surface area contributed by atoms with Gasteiger partial charge in [0.15, 0.2) is 0 Å². The summed E-state index contributed by atoms with van der Waals surface area (Å²) in [4.78, 5) is 16.4. The summed E-state index contributed by atoms with van der Waals surface area (Å²) in [5.74, 6) is -0.0426. The van der Waals surface area contributed by atoms with E-state index in [0.29, 0.717) is 24.0 Å². The topological polar surface area (TPSA) is 100 Å². The second-order valence-electron chi connectivity index (χ2n) is 9.14. The fraction of sp³-hybridized carbons (Fsp3) is 0.267. The van der Waals surface area contributed by atoms with Crippen molar-refractivity contribution in [2.45, 2.75) is 31.1 Å². The first kappa shape index (κ1) is 27.4. The van der Waals surface area contributed by atoms with Crippen molar-refractivity contribution in [2.75, 3.05) is 26.2 Å². The summed E-state index contributed by atoms with van der Waals surface area (Å²) >= 11 is 0. The number of amides is 1. The Balaban J connectivity index is 1.28. The normalized spacial score (nSPS) is 11.5. The SMILES string of the molecule is CCCNC(=O)c1ccc(CCCNCCNS(=O)(=O)c2cc(-c3ccccc3)cc3cnccc23)cc1. The van der Waals surface area contributed by atoms with Crippen molar-refractivity contribution in [3.63, 3.8) is 0 Å². The molecule has 0 saturated carbocycles. The lowest BCUT2D eigenvalue weighted by molar-refractivity contribution is 0.0953. The molecule has 1 aromatic heterocycles. The second kappa shape index (κ2) is 13.3. The molecule has 0 bridgehead atoms. The van der Waals surface area contributed by atoms with Crippen LogP contribution in [0.3, 0.4) is 0 Å². The van der Waals surface area contributed by atoms with E-state index in [2.05, 4.69) is 20.3 Å². The highest BCUT2D eigenvalue weighted by Crippen LogP contribution is 2.30. The maximum atomic E-state index is 13.2. The smallest absolute Gasteiger partial charge is 0.251 e. The van der Waals surface area contributed by atoms with E-state index in [-0.39, 0.29) is 17.3 Å². The van der Waals surface area contributed by atoms with Gasteiger partial charge < -0.3 is 10.6 Å². The van der Waals surface area contributed by atoms with E-state index in [4.69, 9.17) is 0 Å². The Morgan fingerprint density at radius 1 is 0.868 bits per heavy atom. The molecule has 1 heterocycles. The van der Waals surface area contributed by atoms with E-state index < -0.39 is 10.0 Å². The average Bonchev–Trinajstić information content (AvgIpc) is 2.95. The number of carbonyl (C=O) groups excluding carboxylic acids is 1. The fourth-order valence-electron chi connectivity index (χ4n) is 4.25. The molecule has 0 saturated heterocycles. The second-order valence-corrected chi connectivity index (χ2v) is 10.9. The number of nitrogens with one attached hydrogen (secondary N) is 3. The van der Waals surface area contributed by atoms with Crippen LogP contribution < -0.4 is 15.4 Å². The van der Waals surface area contributed by atoms with Crippen molar-refractivity contribution in [1.29, 1.82) is 0 Å². The van der Waals surface area contributed by atoms with Crippen molar-refractivity contribution in [2.24, 2.45) is 0 Å². The Morgan fingerprint density at radius 2 is 1.66 bits per heavy atom. The molecule has 4 aromatic rings. The number of aryl methyl sites for hydroxylation is 1. The highest BCUT2D eigenvalue weighted by molar-refractivity contribution is 7.89. The molecule has 198 valence electrons. The number of benzene rings is 3. The van der Waals surface area contributed by atoms with E-state index >= 15 is 0 Å². The molecule has 38 heavy (non-hydrogen) atoms. The lowest BCUT2D eigenvalue weighted by Crippen LogP contribution is -2.32. The van der Waals surface area contributed by atoms with Gasteiger partial charge in [-0.25, -0.2) is 13.1 Å². The Morgan fingerprint density at radius 3 is 2.42 bits per heavy atom. The van der Waals surface area contributed by atoms with Crippen LogP contribution in [0.15, 0.2) is 90.1 Å². The summed E-state index contributed by atoms with van der Waals surface area (Å²) < 4.78 is 29.2. The van der Waals surface area contributed by atoms with Gasteiger partial charge in [-0.05, 0) is 72.8 Å². The Hall–Kier alpha value is -3.59. The zero-order chi connectivity index (χ0) is 26.8. The van der Waals surface area contributed by atoms with Gasteiger partial charge in [-0.2, -0.15) is 0 Å². The number of pyridine rings is 1. The predicted octanol–water partition coefficient (Wildman–Crippen LogP) is 4.54. The van der Waals surface area contributed by atoms with Gasteiger partial charge in [0.1, 0.15) is 0 Å². The highest BCUT2D eigenvalue weighted by Gasteiger charge is 2.18. The Kier molecular flexibility index (Phi) is 9.59. The van der Waals surface area contributed by atoms with Crippen molar-refractivity contribution in [1.82, 2.24) is 20.3 Å². The molecule has 0 aliphatic rings. The molecule has 4 rings (SSSR count). The van der Waals surface area contributed by atoms with Crippen LogP contribution in [-0.2, 0) is 16.4 Å². The van der Waals surface area contributed by atoms with Crippen LogP contribution in [0.5, 0.6) is 0 Å². The summed E-state index contributed by atoms with van der Waals surface area (Å²) in [6, 6.07) is 22.8. The molecule has 0 aliphatic heterocycles. The van der Waals surface area contributed by atoms with Gasteiger partial charge in [0.05, 0.1) is 4.90 Å². The molecule has 1 amide bonds. The Bertz CT molecular complexity index is 1460. The average molecular weight is 531 g/mol. The molecule has 0 spiro atoms. The van der Waals surface area contributed by atoms with Crippen LogP contribution in [0.4, 0.5) is 0 Å².